The van der Waals surface area contributed by atoms with Crippen LogP contribution in [-0.2, 0) is 6.18 Å². The van der Waals surface area contributed by atoms with Crippen molar-refractivity contribution in [3.63, 3.8) is 0 Å². The summed E-state index contributed by atoms with van der Waals surface area (Å²) in [6.45, 7) is 4.00. The van der Waals surface area contributed by atoms with Gasteiger partial charge in [0.1, 0.15) is 11.5 Å². The maximum atomic E-state index is 12.6. The largest absolute Gasteiger partial charge is 0.417 e. The highest BCUT2D eigenvalue weighted by molar-refractivity contribution is 5.71. The molecule has 0 aliphatic heterocycles. The predicted octanol–water partition coefficient (Wildman–Crippen LogP) is 5.24. The van der Waals surface area contributed by atoms with Crippen LogP contribution in [0.25, 0.3) is 0 Å². The van der Waals surface area contributed by atoms with Crippen LogP contribution >= 0.6 is 0 Å². The average Bonchev–Trinajstić information content (AvgIpc) is 2.81. The first-order valence-electron chi connectivity index (χ1n) is 9.39. The normalized spacial score (nSPS) is 9.90. The van der Waals surface area contributed by atoms with Crippen molar-refractivity contribution >= 4 is 29.3 Å². The fourth-order valence-corrected chi connectivity index (χ4v) is 2.11. The van der Waals surface area contributed by atoms with Crippen molar-refractivity contribution in [2.45, 2.75) is 20.0 Å². The Morgan fingerprint density at radius 2 is 1.68 bits per heavy atom. The number of aldehydes is 1. The summed E-state index contributed by atoms with van der Waals surface area (Å²) in [5.74, 6) is 0.985. The summed E-state index contributed by atoms with van der Waals surface area (Å²) in [4.78, 5) is 21.6. The zero-order valence-electron chi connectivity index (χ0n) is 17.7. The predicted molar refractivity (Wildman–Crippen MR) is 117 cm³/mol. The molecule has 0 saturated carbocycles. The van der Waals surface area contributed by atoms with Crippen LogP contribution in [0.3, 0.4) is 0 Å². The van der Waals surface area contributed by atoms with E-state index >= 15 is 0 Å². The molecule has 3 heterocycles. The molecule has 3 aromatic heterocycles. The summed E-state index contributed by atoms with van der Waals surface area (Å²) in [5, 5.41) is 8.49. The van der Waals surface area contributed by atoms with Gasteiger partial charge in [0, 0.05) is 26.5 Å². The van der Waals surface area contributed by atoms with E-state index < -0.39 is 11.7 Å². The van der Waals surface area contributed by atoms with Crippen molar-refractivity contribution in [1.29, 1.82) is 0 Å². The fraction of sp³-hybridized carbons (Fsp3) is 0.238. The first-order valence-corrected chi connectivity index (χ1v) is 9.39. The van der Waals surface area contributed by atoms with Crippen LogP contribution in [0.1, 0.15) is 29.9 Å². The molecule has 0 atom stereocenters. The highest BCUT2D eigenvalue weighted by Crippen LogP contribution is 2.33. The molecular weight excluding hydrogens is 409 g/mol. The quantitative estimate of drug-likeness (QED) is 0.473. The van der Waals surface area contributed by atoms with Gasteiger partial charge in [-0.3, -0.25) is 9.78 Å². The molecule has 0 fully saturated rings. The van der Waals surface area contributed by atoms with E-state index in [4.69, 9.17) is 0 Å². The summed E-state index contributed by atoms with van der Waals surface area (Å²) in [5.41, 5.74) is 0.550. The van der Waals surface area contributed by atoms with Gasteiger partial charge in [0.25, 0.3) is 0 Å². The Bertz CT molecular complexity index is 919. The molecule has 0 amide bonds. The van der Waals surface area contributed by atoms with E-state index in [-0.39, 0.29) is 5.69 Å². The molecule has 0 aliphatic rings. The number of hydrogen-bond donors (Lipinski definition) is 3. The van der Waals surface area contributed by atoms with Gasteiger partial charge in [0.2, 0.25) is 0 Å². The summed E-state index contributed by atoms with van der Waals surface area (Å²) in [7, 11) is 3.27. The van der Waals surface area contributed by atoms with E-state index in [9.17, 15) is 18.0 Å². The molecule has 3 aromatic rings. The van der Waals surface area contributed by atoms with Crippen LogP contribution in [0, 0.1) is 0 Å². The van der Waals surface area contributed by atoms with E-state index in [1.165, 1.54) is 7.05 Å². The lowest BCUT2D eigenvalue weighted by molar-refractivity contribution is -0.137. The molecule has 0 unspecified atom stereocenters. The third-order valence-corrected chi connectivity index (χ3v) is 3.58. The minimum absolute atomic E-state index is 0.252. The van der Waals surface area contributed by atoms with Crippen molar-refractivity contribution in [3.8, 4) is 0 Å². The first-order chi connectivity index (χ1) is 14.9. The fourth-order valence-electron chi connectivity index (χ4n) is 2.11. The molecule has 31 heavy (non-hydrogen) atoms. The monoisotopic (exact) mass is 434 g/mol. The van der Waals surface area contributed by atoms with Crippen molar-refractivity contribution < 1.29 is 18.0 Å². The molecule has 0 aromatic carbocycles. The minimum atomic E-state index is -4.42. The third-order valence-electron chi connectivity index (χ3n) is 3.58. The number of pyridine rings is 3. The van der Waals surface area contributed by atoms with Crippen LogP contribution in [-0.4, -0.2) is 35.3 Å². The smallest absolute Gasteiger partial charge is 0.385 e. The Morgan fingerprint density at radius 3 is 2.13 bits per heavy atom. The van der Waals surface area contributed by atoms with Gasteiger partial charge in [-0.05, 0) is 30.3 Å². The lowest BCUT2D eigenvalue weighted by Gasteiger charge is -2.13. The van der Waals surface area contributed by atoms with Crippen LogP contribution in [0.2, 0.25) is 0 Å². The summed E-state index contributed by atoms with van der Waals surface area (Å²) < 4.78 is 37.9. The maximum absolute atomic E-state index is 12.6. The topological polar surface area (TPSA) is 91.8 Å². The SMILES string of the molecule is CC.CNc1ccc(Nc2ncc(C(F)(F)F)cc2NC)cn1.O=Cc1ccccn1. The molecule has 3 rings (SSSR count). The zero-order valence-corrected chi connectivity index (χ0v) is 17.7. The van der Waals surface area contributed by atoms with E-state index in [0.29, 0.717) is 23.0 Å². The van der Waals surface area contributed by atoms with Gasteiger partial charge >= 0.3 is 6.18 Å². The lowest BCUT2D eigenvalue weighted by Crippen LogP contribution is -2.08. The molecule has 166 valence electrons. The minimum Gasteiger partial charge on any atom is -0.385 e. The number of alkyl halides is 3. The van der Waals surface area contributed by atoms with Crippen molar-refractivity contribution in [1.82, 2.24) is 15.0 Å². The zero-order chi connectivity index (χ0) is 23.3. The second-order valence-electron chi connectivity index (χ2n) is 5.55. The number of anilines is 4. The molecule has 10 heteroatoms. The van der Waals surface area contributed by atoms with Gasteiger partial charge in [0.05, 0.1) is 23.1 Å². The van der Waals surface area contributed by atoms with E-state index in [2.05, 4.69) is 30.9 Å². The number of carbonyl (C=O) groups is 1. The number of nitrogens with zero attached hydrogens (tertiary/aromatic N) is 3. The Kier molecular flexibility index (Phi) is 10.5. The number of hydrogen-bond acceptors (Lipinski definition) is 7. The van der Waals surface area contributed by atoms with Gasteiger partial charge in [-0.15, -0.1) is 0 Å². The van der Waals surface area contributed by atoms with E-state index in [0.717, 1.165) is 18.5 Å². The number of aromatic nitrogens is 3. The van der Waals surface area contributed by atoms with Gasteiger partial charge in [-0.2, -0.15) is 13.2 Å². The van der Waals surface area contributed by atoms with Crippen molar-refractivity contribution in [3.05, 3.63) is 66.2 Å². The molecule has 0 bridgehead atoms. The van der Waals surface area contributed by atoms with Gasteiger partial charge in [0.15, 0.2) is 12.1 Å². The number of halogens is 3. The van der Waals surface area contributed by atoms with Crippen LogP contribution in [0.4, 0.5) is 36.2 Å². The second-order valence-corrected chi connectivity index (χ2v) is 5.55. The first kappa shape index (κ1) is 25.3. The molecule has 0 saturated heterocycles. The molecular formula is C21H25F3N6O. The van der Waals surface area contributed by atoms with E-state index in [1.54, 1.807) is 49.8 Å². The maximum Gasteiger partial charge on any atom is 0.417 e. The molecule has 0 aliphatic carbocycles. The Hall–Kier alpha value is -3.69. The highest BCUT2D eigenvalue weighted by atomic mass is 19.4. The van der Waals surface area contributed by atoms with Crippen molar-refractivity contribution in [2.24, 2.45) is 0 Å². The van der Waals surface area contributed by atoms with Crippen LogP contribution in [0.15, 0.2) is 55.0 Å². The molecule has 0 radical (unpaired) electrons. The third kappa shape index (κ3) is 8.29. The molecule has 3 N–H and O–H groups in total. The Balaban J connectivity index is 0.000000400. The van der Waals surface area contributed by atoms with Crippen molar-refractivity contribution in [2.75, 3.05) is 30.0 Å². The second kappa shape index (κ2) is 12.8. The number of carbonyl (C=O) groups excluding carboxylic acids is 1. The number of rotatable bonds is 5. The Morgan fingerprint density at radius 1 is 0.935 bits per heavy atom. The summed E-state index contributed by atoms with van der Waals surface area (Å²) in [6.07, 6.45) is 0.236. The average molecular weight is 434 g/mol. The van der Waals surface area contributed by atoms with Gasteiger partial charge in [-0.25, -0.2) is 9.97 Å². The standard InChI is InChI=1S/C13H14F3N5.C6H5NO.C2H6/c1-17-10-5-8(13(14,15)16)6-20-12(10)21-9-3-4-11(18-2)19-7-9;8-5-6-3-1-2-4-7-6;1-2/h3-7,17H,1-2H3,(H,18,19)(H,20,21);1-5H;1-2H3. The summed E-state index contributed by atoms with van der Waals surface area (Å²) >= 11 is 0. The van der Waals surface area contributed by atoms with Crippen LogP contribution in [0.5, 0.6) is 0 Å². The molecule has 7 nitrogen and oxygen atoms in total. The van der Waals surface area contributed by atoms with Gasteiger partial charge in [-0.1, -0.05) is 19.9 Å². The molecule has 0 spiro atoms. The van der Waals surface area contributed by atoms with E-state index in [1.807, 2.05) is 13.8 Å². The summed E-state index contributed by atoms with van der Waals surface area (Å²) in [6, 6.07) is 9.70. The highest BCUT2D eigenvalue weighted by Gasteiger charge is 2.31. The van der Waals surface area contributed by atoms with Crippen LogP contribution < -0.4 is 16.0 Å². The Labute approximate surface area is 179 Å². The lowest BCUT2D eigenvalue weighted by atomic mass is 10.2. The number of nitrogens with one attached hydrogen (secondary N) is 3. The van der Waals surface area contributed by atoms with Gasteiger partial charge < -0.3 is 16.0 Å².